The van der Waals surface area contributed by atoms with Crippen LogP contribution < -0.4 is 10.6 Å². The molecule has 3 rings (SSSR count). The Morgan fingerprint density at radius 2 is 1.79 bits per heavy atom. The number of hydrogen-bond acceptors (Lipinski definition) is 5. The Bertz CT molecular complexity index is 1110. The first-order chi connectivity index (χ1) is 16.1. The molecule has 0 fully saturated rings. The van der Waals surface area contributed by atoms with Crippen molar-refractivity contribution in [3.63, 3.8) is 0 Å². The van der Waals surface area contributed by atoms with Gasteiger partial charge in [-0.3, -0.25) is 14.9 Å². The van der Waals surface area contributed by atoms with Crippen LogP contribution in [0.1, 0.15) is 46.1 Å². The summed E-state index contributed by atoms with van der Waals surface area (Å²) in [6, 6.07) is 16.2. The topological polar surface area (TPSA) is 84.0 Å². The minimum absolute atomic E-state index is 0.135. The molecule has 2 aromatic carbocycles. The molecular weight excluding hydrogens is 468 g/mol. The molecule has 2 atom stereocenters. The number of halogens is 1. The van der Waals surface area contributed by atoms with Crippen LogP contribution in [0.25, 0.3) is 10.6 Å². The van der Waals surface area contributed by atoms with Gasteiger partial charge in [-0.15, -0.1) is 10.2 Å². The highest BCUT2D eigenvalue weighted by Gasteiger charge is 2.25. The van der Waals surface area contributed by atoms with Gasteiger partial charge < -0.3 is 5.32 Å². The minimum atomic E-state index is -0.727. The first-order valence-corrected chi connectivity index (χ1v) is 12.5. The lowest BCUT2D eigenvalue weighted by Gasteiger charge is -2.24. The van der Waals surface area contributed by atoms with Gasteiger partial charge in [0, 0.05) is 23.4 Å². The molecule has 2 unspecified atom stereocenters. The second-order valence-electron chi connectivity index (χ2n) is 9.80. The molecule has 6 nitrogen and oxygen atoms in total. The number of rotatable bonds is 9. The summed E-state index contributed by atoms with van der Waals surface area (Å²) in [5.41, 5.74) is 1.93. The second kappa shape index (κ2) is 11.6. The molecule has 1 aromatic heterocycles. The summed E-state index contributed by atoms with van der Waals surface area (Å²) >= 11 is 7.33. The van der Waals surface area contributed by atoms with Gasteiger partial charge in [0.2, 0.25) is 16.9 Å². The fraction of sp³-hybridized carbons (Fsp3) is 0.385. The SMILES string of the molecule is CC(CC(=O)NC(Cc1ccccc1)C(=O)Nc1nnc(-c2cccc(Cl)c2)s1)CC(C)(C)C. The molecule has 1 heterocycles. The summed E-state index contributed by atoms with van der Waals surface area (Å²) in [5, 5.41) is 15.6. The molecule has 0 saturated carbocycles. The Hall–Kier alpha value is -2.77. The second-order valence-corrected chi connectivity index (χ2v) is 11.2. The third kappa shape index (κ3) is 8.22. The van der Waals surface area contributed by atoms with Gasteiger partial charge in [0.15, 0.2) is 0 Å². The van der Waals surface area contributed by atoms with Crippen LogP contribution in [0.3, 0.4) is 0 Å². The predicted octanol–water partition coefficient (Wildman–Crippen LogP) is 5.99. The third-order valence-electron chi connectivity index (χ3n) is 5.16. The van der Waals surface area contributed by atoms with Crippen LogP contribution in [-0.4, -0.2) is 28.1 Å². The fourth-order valence-corrected chi connectivity index (χ4v) is 4.88. The molecule has 8 heteroatoms. The third-order valence-corrected chi connectivity index (χ3v) is 6.28. The summed E-state index contributed by atoms with van der Waals surface area (Å²) in [5.74, 6) is -0.247. The van der Waals surface area contributed by atoms with Crippen molar-refractivity contribution in [2.24, 2.45) is 11.3 Å². The summed E-state index contributed by atoms with van der Waals surface area (Å²) in [6.45, 7) is 8.54. The van der Waals surface area contributed by atoms with E-state index in [1.54, 1.807) is 12.1 Å². The molecule has 2 amide bonds. The number of nitrogens with zero attached hydrogens (tertiary/aromatic N) is 2. The van der Waals surface area contributed by atoms with Gasteiger partial charge in [-0.1, -0.05) is 93.1 Å². The van der Waals surface area contributed by atoms with Crippen LogP contribution in [-0.2, 0) is 16.0 Å². The van der Waals surface area contributed by atoms with Crippen molar-refractivity contribution in [3.05, 3.63) is 65.2 Å². The van der Waals surface area contributed by atoms with Gasteiger partial charge in [-0.05, 0) is 35.4 Å². The van der Waals surface area contributed by atoms with Crippen molar-refractivity contribution in [2.75, 3.05) is 5.32 Å². The van der Waals surface area contributed by atoms with Crippen LogP contribution in [0.4, 0.5) is 5.13 Å². The number of hydrogen-bond donors (Lipinski definition) is 2. The molecule has 0 aliphatic heterocycles. The van der Waals surface area contributed by atoms with E-state index in [9.17, 15) is 9.59 Å². The molecule has 0 aliphatic carbocycles. The number of amides is 2. The van der Waals surface area contributed by atoms with Crippen molar-refractivity contribution in [1.82, 2.24) is 15.5 Å². The van der Waals surface area contributed by atoms with E-state index in [0.29, 0.717) is 28.0 Å². The molecular formula is C26H31ClN4O2S. The van der Waals surface area contributed by atoms with Gasteiger partial charge in [-0.25, -0.2) is 0 Å². The highest BCUT2D eigenvalue weighted by Crippen LogP contribution is 2.28. The Labute approximate surface area is 210 Å². The highest BCUT2D eigenvalue weighted by molar-refractivity contribution is 7.18. The first kappa shape index (κ1) is 25.8. The standard InChI is InChI=1S/C26H31ClN4O2S/c1-17(16-26(2,3)4)13-22(32)28-21(14-18-9-6-5-7-10-18)23(33)29-25-31-30-24(34-25)19-11-8-12-20(27)15-19/h5-12,15,17,21H,13-14,16H2,1-4H3,(H,28,32)(H,29,31,33). The average Bonchev–Trinajstić information content (AvgIpc) is 3.21. The van der Waals surface area contributed by atoms with E-state index in [-0.39, 0.29) is 23.1 Å². The maximum atomic E-state index is 13.2. The van der Waals surface area contributed by atoms with Crippen molar-refractivity contribution in [2.45, 2.75) is 53.0 Å². The molecule has 0 radical (unpaired) electrons. The zero-order valence-electron chi connectivity index (χ0n) is 20.0. The molecule has 0 saturated heterocycles. The largest absolute Gasteiger partial charge is 0.344 e. The lowest BCUT2D eigenvalue weighted by atomic mass is 9.84. The molecule has 180 valence electrons. The van der Waals surface area contributed by atoms with Crippen molar-refractivity contribution in [1.29, 1.82) is 0 Å². The molecule has 3 aromatic rings. The molecule has 0 aliphatic rings. The van der Waals surface area contributed by atoms with Gasteiger partial charge in [0.1, 0.15) is 11.0 Å². The number of anilines is 1. The Morgan fingerprint density at radius 1 is 1.06 bits per heavy atom. The van der Waals surface area contributed by atoms with Crippen molar-refractivity contribution in [3.8, 4) is 10.6 Å². The first-order valence-electron chi connectivity index (χ1n) is 11.3. The lowest BCUT2D eigenvalue weighted by molar-refractivity contribution is -0.127. The molecule has 2 N–H and O–H groups in total. The monoisotopic (exact) mass is 498 g/mol. The molecule has 0 spiro atoms. The average molecular weight is 499 g/mol. The number of carbonyl (C=O) groups excluding carboxylic acids is 2. The summed E-state index contributed by atoms with van der Waals surface area (Å²) in [7, 11) is 0. The summed E-state index contributed by atoms with van der Waals surface area (Å²) < 4.78 is 0. The van der Waals surface area contributed by atoms with E-state index < -0.39 is 6.04 Å². The summed E-state index contributed by atoms with van der Waals surface area (Å²) in [6.07, 6.45) is 1.67. The van der Waals surface area contributed by atoms with Crippen LogP contribution in [0, 0.1) is 11.3 Å². The van der Waals surface area contributed by atoms with E-state index >= 15 is 0 Å². The Balaban J connectivity index is 1.70. The minimum Gasteiger partial charge on any atom is -0.344 e. The smallest absolute Gasteiger partial charge is 0.249 e. The Kier molecular flexibility index (Phi) is 8.80. The number of nitrogens with one attached hydrogen (secondary N) is 2. The van der Waals surface area contributed by atoms with E-state index in [0.717, 1.165) is 17.5 Å². The summed E-state index contributed by atoms with van der Waals surface area (Å²) in [4.78, 5) is 25.9. The van der Waals surface area contributed by atoms with E-state index in [2.05, 4.69) is 48.5 Å². The number of benzene rings is 2. The van der Waals surface area contributed by atoms with Gasteiger partial charge in [0.25, 0.3) is 0 Å². The normalized spacial score (nSPS) is 13.2. The lowest BCUT2D eigenvalue weighted by Crippen LogP contribution is -2.45. The van der Waals surface area contributed by atoms with Crippen LogP contribution in [0.5, 0.6) is 0 Å². The van der Waals surface area contributed by atoms with Gasteiger partial charge in [0.05, 0.1) is 0 Å². The van der Waals surface area contributed by atoms with Gasteiger partial charge in [-0.2, -0.15) is 0 Å². The zero-order chi connectivity index (χ0) is 24.7. The van der Waals surface area contributed by atoms with E-state index in [1.807, 2.05) is 42.5 Å². The van der Waals surface area contributed by atoms with Crippen LogP contribution in [0.15, 0.2) is 54.6 Å². The Morgan fingerprint density at radius 3 is 2.47 bits per heavy atom. The molecule has 0 bridgehead atoms. The van der Waals surface area contributed by atoms with Gasteiger partial charge >= 0.3 is 0 Å². The van der Waals surface area contributed by atoms with Crippen LogP contribution >= 0.6 is 22.9 Å². The maximum absolute atomic E-state index is 13.2. The van der Waals surface area contributed by atoms with Crippen molar-refractivity contribution >= 4 is 39.9 Å². The number of carbonyl (C=O) groups is 2. The maximum Gasteiger partial charge on any atom is 0.249 e. The van der Waals surface area contributed by atoms with Crippen LogP contribution in [0.2, 0.25) is 5.02 Å². The fourth-order valence-electron chi connectivity index (χ4n) is 3.95. The number of aromatic nitrogens is 2. The van der Waals surface area contributed by atoms with Crippen molar-refractivity contribution < 1.29 is 9.59 Å². The molecule has 34 heavy (non-hydrogen) atoms. The zero-order valence-corrected chi connectivity index (χ0v) is 21.5. The van der Waals surface area contributed by atoms with E-state index in [4.69, 9.17) is 11.6 Å². The quantitative estimate of drug-likeness (QED) is 0.379. The predicted molar refractivity (Wildman–Crippen MR) is 139 cm³/mol. The van der Waals surface area contributed by atoms with E-state index in [1.165, 1.54) is 11.3 Å². The highest BCUT2D eigenvalue weighted by atomic mass is 35.5.